The van der Waals surface area contributed by atoms with Crippen LogP contribution in [0.3, 0.4) is 0 Å². The van der Waals surface area contributed by atoms with Crippen LogP contribution in [0.5, 0.6) is 5.75 Å². The van der Waals surface area contributed by atoms with E-state index in [4.69, 9.17) is 4.74 Å². The minimum atomic E-state index is 0.531. The smallest absolute Gasteiger partial charge is 0.120 e. The number of nitrogens with one attached hydrogen (secondary N) is 1. The van der Waals surface area contributed by atoms with E-state index in [2.05, 4.69) is 35.1 Å². The normalized spacial score (nSPS) is 12.5. The van der Waals surface area contributed by atoms with Gasteiger partial charge in [-0.3, -0.25) is 0 Å². The van der Waals surface area contributed by atoms with Gasteiger partial charge in [-0.15, -0.1) is 0 Å². The van der Waals surface area contributed by atoms with E-state index in [-0.39, 0.29) is 0 Å². The molecule has 2 nitrogen and oxygen atoms in total. The number of hydrogen-bond acceptors (Lipinski definition) is 2. The monoisotopic (exact) mass is 271 g/mol. The van der Waals surface area contributed by atoms with Crippen molar-refractivity contribution in [2.45, 2.75) is 13.8 Å². The van der Waals surface area contributed by atoms with Gasteiger partial charge >= 0.3 is 0 Å². The van der Waals surface area contributed by atoms with Crippen molar-refractivity contribution < 1.29 is 4.74 Å². The molecule has 1 unspecified atom stereocenters. The van der Waals surface area contributed by atoms with Crippen LogP contribution >= 0.6 is 15.9 Å². The van der Waals surface area contributed by atoms with Crippen molar-refractivity contribution in [3.05, 3.63) is 28.7 Å². The largest absolute Gasteiger partial charge is 0.493 e. The van der Waals surface area contributed by atoms with Crippen LogP contribution < -0.4 is 10.1 Å². The van der Waals surface area contributed by atoms with Crippen LogP contribution in [0.15, 0.2) is 28.7 Å². The molecule has 0 bridgehead atoms. The minimum Gasteiger partial charge on any atom is -0.493 e. The van der Waals surface area contributed by atoms with Crippen molar-refractivity contribution in [3.63, 3.8) is 0 Å². The molecule has 0 saturated heterocycles. The summed E-state index contributed by atoms with van der Waals surface area (Å²) in [6.45, 7) is 7.07. The molecule has 1 aromatic carbocycles. The number of hydrogen-bond donors (Lipinski definition) is 1. The Balaban J connectivity index is 2.30. The summed E-state index contributed by atoms with van der Waals surface area (Å²) in [5, 5.41) is 3.31. The molecule has 3 heteroatoms. The van der Waals surface area contributed by atoms with Gasteiger partial charge in [0, 0.05) is 16.9 Å². The molecule has 1 rings (SSSR count). The average molecular weight is 272 g/mol. The van der Waals surface area contributed by atoms with Gasteiger partial charge in [0.2, 0.25) is 0 Å². The molecule has 84 valence electrons. The first kappa shape index (κ1) is 12.5. The summed E-state index contributed by atoms with van der Waals surface area (Å²) in [5.41, 5.74) is 0. The Morgan fingerprint density at radius 1 is 1.47 bits per heavy atom. The summed E-state index contributed by atoms with van der Waals surface area (Å²) >= 11 is 3.42. The van der Waals surface area contributed by atoms with E-state index in [1.54, 1.807) is 0 Å². The zero-order valence-corrected chi connectivity index (χ0v) is 10.9. The van der Waals surface area contributed by atoms with E-state index in [1.807, 2.05) is 24.3 Å². The van der Waals surface area contributed by atoms with Gasteiger partial charge in [0.25, 0.3) is 0 Å². The quantitative estimate of drug-likeness (QED) is 0.859. The molecular weight excluding hydrogens is 254 g/mol. The minimum absolute atomic E-state index is 0.531. The second-order valence-electron chi connectivity index (χ2n) is 3.68. The lowest BCUT2D eigenvalue weighted by Gasteiger charge is -2.13. The van der Waals surface area contributed by atoms with Gasteiger partial charge in [-0.25, -0.2) is 0 Å². The molecule has 0 aliphatic heterocycles. The van der Waals surface area contributed by atoms with Crippen molar-refractivity contribution in [1.82, 2.24) is 5.32 Å². The molecule has 0 heterocycles. The molecule has 15 heavy (non-hydrogen) atoms. The van der Waals surface area contributed by atoms with Crippen LogP contribution in [0.1, 0.15) is 13.8 Å². The fourth-order valence-electron chi connectivity index (χ4n) is 1.24. The maximum atomic E-state index is 5.68. The summed E-state index contributed by atoms with van der Waals surface area (Å²) in [4.78, 5) is 0. The fraction of sp³-hybridized carbons (Fsp3) is 0.500. The van der Waals surface area contributed by atoms with Gasteiger partial charge in [-0.2, -0.15) is 0 Å². The fourth-order valence-corrected chi connectivity index (χ4v) is 1.62. The third-order valence-electron chi connectivity index (χ3n) is 2.07. The van der Waals surface area contributed by atoms with Gasteiger partial charge in [0.1, 0.15) is 5.75 Å². The highest BCUT2D eigenvalue weighted by Crippen LogP contribution is 2.18. The second-order valence-corrected chi connectivity index (χ2v) is 4.60. The van der Waals surface area contributed by atoms with Crippen molar-refractivity contribution >= 4 is 15.9 Å². The number of benzene rings is 1. The molecule has 0 aliphatic carbocycles. The lowest BCUT2D eigenvalue weighted by atomic mass is 10.2. The van der Waals surface area contributed by atoms with Crippen LogP contribution in [-0.2, 0) is 0 Å². The number of halogens is 1. The predicted octanol–water partition coefficient (Wildman–Crippen LogP) is 3.07. The van der Waals surface area contributed by atoms with Gasteiger partial charge in [0.15, 0.2) is 0 Å². The first-order valence-electron chi connectivity index (χ1n) is 5.31. The van der Waals surface area contributed by atoms with Gasteiger partial charge in [-0.05, 0) is 24.7 Å². The first-order chi connectivity index (χ1) is 7.22. The summed E-state index contributed by atoms with van der Waals surface area (Å²) in [6.07, 6.45) is 0. The van der Waals surface area contributed by atoms with Crippen molar-refractivity contribution in [2.24, 2.45) is 5.92 Å². The van der Waals surface area contributed by atoms with Crippen LogP contribution in [-0.4, -0.2) is 19.7 Å². The maximum Gasteiger partial charge on any atom is 0.120 e. The van der Waals surface area contributed by atoms with Crippen LogP contribution in [0, 0.1) is 5.92 Å². The Bertz CT molecular complexity index is 291. The van der Waals surface area contributed by atoms with Crippen molar-refractivity contribution in [1.29, 1.82) is 0 Å². The topological polar surface area (TPSA) is 21.3 Å². The Kier molecular flexibility index (Phi) is 5.73. The molecule has 0 fully saturated rings. The SMILES string of the molecule is CCNCC(C)COc1cccc(Br)c1. The van der Waals surface area contributed by atoms with Gasteiger partial charge < -0.3 is 10.1 Å². The van der Waals surface area contributed by atoms with E-state index in [9.17, 15) is 0 Å². The van der Waals surface area contributed by atoms with E-state index < -0.39 is 0 Å². The molecule has 0 radical (unpaired) electrons. The Labute approximate surface area is 100 Å². The van der Waals surface area contributed by atoms with Gasteiger partial charge in [-0.1, -0.05) is 35.8 Å². The lowest BCUT2D eigenvalue weighted by Crippen LogP contribution is -2.24. The predicted molar refractivity (Wildman–Crippen MR) is 67.3 cm³/mol. The standard InChI is InChI=1S/C12H18BrNO/c1-3-14-8-10(2)9-15-12-6-4-5-11(13)7-12/h4-7,10,14H,3,8-9H2,1-2H3. The first-order valence-corrected chi connectivity index (χ1v) is 6.10. The molecule has 1 atom stereocenters. The van der Waals surface area contributed by atoms with E-state index in [0.29, 0.717) is 5.92 Å². The summed E-state index contributed by atoms with van der Waals surface area (Å²) in [7, 11) is 0. The van der Waals surface area contributed by atoms with Crippen LogP contribution in [0.4, 0.5) is 0 Å². The second kappa shape index (κ2) is 6.85. The number of rotatable bonds is 6. The zero-order chi connectivity index (χ0) is 11.1. The molecule has 1 aromatic rings. The third-order valence-corrected chi connectivity index (χ3v) is 2.57. The molecule has 0 saturated carbocycles. The Morgan fingerprint density at radius 2 is 2.27 bits per heavy atom. The molecule has 0 spiro atoms. The Hall–Kier alpha value is -0.540. The molecular formula is C12H18BrNO. The summed E-state index contributed by atoms with van der Waals surface area (Å²) < 4.78 is 6.73. The molecule has 0 aromatic heterocycles. The van der Waals surface area contributed by atoms with Gasteiger partial charge in [0.05, 0.1) is 6.61 Å². The lowest BCUT2D eigenvalue weighted by molar-refractivity contribution is 0.256. The highest BCUT2D eigenvalue weighted by Gasteiger charge is 2.02. The van der Waals surface area contributed by atoms with E-state index in [0.717, 1.165) is 29.9 Å². The van der Waals surface area contributed by atoms with E-state index >= 15 is 0 Å². The molecule has 0 aliphatic rings. The third kappa shape index (κ3) is 5.19. The summed E-state index contributed by atoms with van der Waals surface area (Å²) in [5.74, 6) is 1.46. The van der Waals surface area contributed by atoms with Crippen molar-refractivity contribution in [2.75, 3.05) is 19.7 Å². The summed E-state index contributed by atoms with van der Waals surface area (Å²) in [6, 6.07) is 7.94. The highest BCUT2D eigenvalue weighted by atomic mass is 79.9. The maximum absolute atomic E-state index is 5.68. The van der Waals surface area contributed by atoms with Crippen LogP contribution in [0.25, 0.3) is 0 Å². The van der Waals surface area contributed by atoms with Crippen molar-refractivity contribution in [3.8, 4) is 5.75 Å². The molecule has 1 N–H and O–H groups in total. The number of ether oxygens (including phenoxy) is 1. The Morgan fingerprint density at radius 3 is 2.93 bits per heavy atom. The van der Waals surface area contributed by atoms with Crippen LogP contribution in [0.2, 0.25) is 0 Å². The zero-order valence-electron chi connectivity index (χ0n) is 9.29. The van der Waals surface area contributed by atoms with E-state index in [1.165, 1.54) is 0 Å². The molecule has 0 amide bonds. The highest BCUT2D eigenvalue weighted by molar-refractivity contribution is 9.10. The average Bonchev–Trinajstić information content (AvgIpc) is 2.23.